The fourth-order valence-corrected chi connectivity index (χ4v) is 2.31. The Kier molecular flexibility index (Phi) is 5.87. The van der Waals surface area contributed by atoms with Crippen LogP contribution in [0.1, 0.15) is 31.1 Å². The van der Waals surface area contributed by atoms with Gasteiger partial charge < -0.3 is 19.5 Å². The highest BCUT2D eigenvalue weighted by atomic mass is 35.5. The highest BCUT2D eigenvalue weighted by Crippen LogP contribution is 2.36. The van der Waals surface area contributed by atoms with Gasteiger partial charge >= 0.3 is 0 Å². The molecule has 0 unspecified atom stereocenters. The van der Waals surface area contributed by atoms with Crippen molar-refractivity contribution in [1.82, 2.24) is 4.90 Å². The Morgan fingerprint density at radius 3 is 2.38 bits per heavy atom. The fraction of sp³-hybridized carbons (Fsp3) is 0.533. The molecule has 1 rings (SSSR count). The van der Waals surface area contributed by atoms with Crippen LogP contribution in [0.2, 0.25) is 5.02 Å². The highest BCUT2D eigenvalue weighted by Gasteiger charge is 2.24. The summed E-state index contributed by atoms with van der Waals surface area (Å²) in [5.74, 6) is 0.566. The minimum Gasteiger partial charge on any atom is -0.493 e. The molecule has 0 heterocycles. The van der Waals surface area contributed by atoms with Gasteiger partial charge in [0.25, 0.3) is 5.91 Å². The molecule has 0 saturated carbocycles. The highest BCUT2D eigenvalue weighted by molar-refractivity contribution is 6.32. The molecule has 6 heteroatoms. The molecule has 0 aliphatic heterocycles. The van der Waals surface area contributed by atoms with E-state index in [0.29, 0.717) is 28.6 Å². The lowest BCUT2D eigenvalue weighted by atomic mass is 10.1. The van der Waals surface area contributed by atoms with E-state index in [1.54, 1.807) is 24.8 Å². The maximum atomic E-state index is 12.5. The van der Waals surface area contributed by atoms with E-state index in [4.69, 9.17) is 21.1 Å². The van der Waals surface area contributed by atoms with Gasteiger partial charge in [-0.3, -0.25) is 4.79 Å². The molecule has 0 bridgehead atoms. The molecular weight excluding hydrogens is 294 g/mol. The average molecular weight is 316 g/mol. The summed E-state index contributed by atoms with van der Waals surface area (Å²) in [4.78, 5) is 14.1. The number of halogens is 1. The molecule has 0 spiro atoms. The number of aliphatic hydroxyl groups is 1. The number of carbonyl (C=O) groups is 1. The Morgan fingerprint density at radius 1 is 1.33 bits per heavy atom. The molecule has 5 nitrogen and oxygen atoms in total. The number of benzene rings is 1. The van der Waals surface area contributed by atoms with Crippen LogP contribution in [0.4, 0.5) is 0 Å². The third-order valence-electron chi connectivity index (χ3n) is 2.93. The Balaban J connectivity index is 3.14. The predicted molar refractivity (Wildman–Crippen MR) is 82.4 cm³/mol. The van der Waals surface area contributed by atoms with Crippen molar-refractivity contribution < 1.29 is 19.4 Å². The summed E-state index contributed by atoms with van der Waals surface area (Å²) in [6, 6.07) is 3.12. The Labute approximate surface area is 130 Å². The van der Waals surface area contributed by atoms with E-state index in [0.717, 1.165) is 0 Å². The van der Waals surface area contributed by atoms with E-state index < -0.39 is 5.60 Å². The minimum atomic E-state index is -0.966. The van der Waals surface area contributed by atoms with Crippen LogP contribution in [0.5, 0.6) is 11.5 Å². The third-order valence-corrected chi connectivity index (χ3v) is 3.21. The van der Waals surface area contributed by atoms with Crippen LogP contribution in [-0.2, 0) is 0 Å². The molecule has 0 saturated heterocycles. The van der Waals surface area contributed by atoms with Crippen molar-refractivity contribution in [1.29, 1.82) is 0 Å². The zero-order valence-corrected chi connectivity index (χ0v) is 13.8. The number of likely N-dealkylation sites (N-methyl/N-ethyl adjacent to an activating group) is 1. The lowest BCUT2D eigenvalue weighted by molar-refractivity contribution is 0.0314. The van der Waals surface area contributed by atoms with Crippen molar-refractivity contribution in [3.63, 3.8) is 0 Å². The van der Waals surface area contributed by atoms with Crippen LogP contribution in [-0.4, -0.2) is 48.8 Å². The molecule has 1 aromatic rings. The molecule has 1 aromatic carbocycles. The van der Waals surface area contributed by atoms with E-state index in [2.05, 4.69) is 0 Å². The molecule has 1 N–H and O–H groups in total. The zero-order chi connectivity index (χ0) is 16.2. The summed E-state index contributed by atoms with van der Waals surface area (Å²) in [6.07, 6.45) is 0. The van der Waals surface area contributed by atoms with Crippen LogP contribution in [0.25, 0.3) is 0 Å². The quantitative estimate of drug-likeness (QED) is 0.876. The second-order valence-corrected chi connectivity index (χ2v) is 5.73. The van der Waals surface area contributed by atoms with Crippen LogP contribution in [0.3, 0.4) is 0 Å². The van der Waals surface area contributed by atoms with Crippen LogP contribution in [0, 0.1) is 0 Å². The van der Waals surface area contributed by atoms with Gasteiger partial charge in [0.15, 0.2) is 11.5 Å². The van der Waals surface area contributed by atoms with Gasteiger partial charge in [0.1, 0.15) is 0 Å². The molecular formula is C15H22ClNO4. The molecule has 0 aromatic heterocycles. The van der Waals surface area contributed by atoms with E-state index in [1.165, 1.54) is 20.3 Å². The smallest absolute Gasteiger partial charge is 0.254 e. The fourth-order valence-electron chi connectivity index (χ4n) is 2.02. The summed E-state index contributed by atoms with van der Waals surface area (Å²) in [5, 5.41) is 10.2. The molecule has 0 fully saturated rings. The first-order valence-corrected chi connectivity index (χ1v) is 7.04. The number of hydrogen-bond donors (Lipinski definition) is 1. The van der Waals surface area contributed by atoms with Crippen molar-refractivity contribution in [3.8, 4) is 11.5 Å². The second-order valence-electron chi connectivity index (χ2n) is 5.33. The number of rotatable bonds is 6. The van der Waals surface area contributed by atoms with Crippen molar-refractivity contribution in [3.05, 3.63) is 22.7 Å². The summed E-state index contributed by atoms with van der Waals surface area (Å²) in [5.41, 5.74) is -0.574. The summed E-state index contributed by atoms with van der Waals surface area (Å²) in [6.45, 7) is 5.88. The minimum absolute atomic E-state index is 0.220. The first-order valence-electron chi connectivity index (χ1n) is 6.66. The number of ether oxygens (including phenoxy) is 2. The predicted octanol–water partition coefficient (Wildman–Crippen LogP) is 2.59. The number of nitrogens with zero attached hydrogens (tertiary/aromatic N) is 1. The Morgan fingerprint density at radius 2 is 1.95 bits per heavy atom. The molecule has 1 amide bonds. The molecule has 118 valence electrons. The topological polar surface area (TPSA) is 59.0 Å². The van der Waals surface area contributed by atoms with E-state index >= 15 is 0 Å². The van der Waals surface area contributed by atoms with E-state index in [9.17, 15) is 9.90 Å². The normalized spacial score (nSPS) is 11.2. The Hall–Kier alpha value is -1.46. The van der Waals surface area contributed by atoms with Gasteiger partial charge in [0, 0.05) is 18.7 Å². The molecule has 0 aliphatic rings. The van der Waals surface area contributed by atoms with Crippen molar-refractivity contribution in [2.24, 2.45) is 0 Å². The van der Waals surface area contributed by atoms with Crippen molar-refractivity contribution >= 4 is 17.5 Å². The third kappa shape index (κ3) is 4.51. The largest absolute Gasteiger partial charge is 0.493 e. The van der Waals surface area contributed by atoms with Gasteiger partial charge in [-0.25, -0.2) is 0 Å². The standard InChI is InChI=1S/C15H22ClNO4/c1-6-17(9-15(2,3)19)14(18)10-7-11(16)13(21-5)12(8-10)20-4/h7-8,19H,6,9H2,1-5H3. The molecule has 21 heavy (non-hydrogen) atoms. The first-order chi connectivity index (χ1) is 9.73. The average Bonchev–Trinajstić information content (AvgIpc) is 2.41. The van der Waals surface area contributed by atoms with Gasteiger partial charge in [0.2, 0.25) is 0 Å². The van der Waals surface area contributed by atoms with Crippen LogP contribution in [0.15, 0.2) is 12.1 Å². The lowest BCUT2D eigenvalue weighted by Gasteiger charge is -2.28. The maximum absolute atomic E-state index is 12.5. The van der Waals surface area contributed by atoms with Crippen molar-refractivity contribution in [2.75, 3.05) is 27.3 Å². The first kappa shape index (κ1) is 17.6. The molecule has 0 atom stereocenters. The molecule has 0 radical (unpaired) electrons. The maximum Gasteiger partial charge on any atom is 0.254 e. The summed E-state index contributed by atoms with van der Waals surface area (Å²) in [7, 11) is 2.97. The molecule has 0 aliphatic carbocycles. The van der Waals surface area contributed by atoms with Gasteiger partial charge in [-0.1, -0.05) is 11.6 Å². The number of hydrogen-bond acceptors (Lipinski definition) is 4. The van der Waals surface area contributed by atoms with Gasteiger partial charge in [0.05, 0.1) is 24.8 Å². The van der Waals surface area contributed by atoms with Crippen LogP contribution >= 0.6 is 11.6 Å². The van der Waals surface area contributed by atoms with Crippen LogP contribution < -0.4 is 9.47 Å². The Bertz CT molecular complexity index is 511. The SMILES string of the molecule is CCN(CC(C)(C)O)C(=O)c1cc(Cl)c(OC)c(OC)c1. The van der Waals surface area contributed by atoms with E-state index in [1.807, 2.05) is 6.92 Å². The van der Waals surface area contributed by atoms with Gasteiger partial charge in [-0.05, 0) is 32.9 Å². The van der Waals surface area contributed by atoms with Gasteiger partial charge in [-0.15, -0.1) is 0 Å². The summed E-state index contributed by atoms with van der Waals surface area (Å²) < 4.78 is 10.3. The second kappa shape index (κ2) is 7.00. The number of carbonyl (C=O) groups excluding carboxylic acids is 1. The summed E-state index contributed by atoms with van der Waals surface area (Å²) >= 11 is 6.11. The van der Waals surface area contributed by atoms with Crippen molar-refractivity contribution in [2.45, 2.75) is 26.4 Å². The monoisotopic (exact) mass is 315 g/mol. The lowest BCUT2D eigenvalue weighted by Crippen LogP contribution is -2.42. The number of methoxy groups -OCH3 is 2. The van der Waals surface area contributed by atoms with Gasteiger partial charge in [-0.2, -0.15) is 0 Å². The van der Waals surface area contributed by atoms with E-state index in [-0.39, 0.29) is 12.5 Å². The zero-order valence-electron chi connectivity index (χ0n) is 13.1. The number of amides is 1.